The number of aromatic nitrogens is 1. The monoisotopic (exact) mass is 476 g/mol. The molecule has 0 radical (unpaired) electrons. The predicted molar refractivity (Wildman–Crippen MR) is 115 cm³/mol. The van der Waals surface area contributed by atoms with E-state index in [-0.39, 0.29) is 23.6 Å². The van der Waals surface area contributed by atoms with Crippen molar-refractivity contribution in [3.05, 3.63) is 60.4 Å². The lowest BCUT2D eigenvalue weighted by Gasteiger charge is -2.24. The van der Waals surface area contributed by atoms with Crippen LogP contribution in [-0.2, 0) is 4.79 Å². The maximum atomic E-state index is 12.9. The fourth-order valence-corrected chi connectivity index (χ4v) is 3.88. The zero-order valence-corrected chi connectivity index (χ0v) is 17.5. The van der Waals surface area contributed by atoms with E-state index in [1.807, 2.05) is 0 Å². The quantitative estimate of drug-likeness (QED) is 0.512. The van der Waals surface area contributed by atoms with Crippen LogP contribution in [0.4, 0.5) is 29.3 Å². The zero-order valence-electron chi connectivity index (χ0n) is 17.5. The van der Waals surface area contributed by atoms with Gasteiger partial charge in [0.05, 0.1) is 11.2 Å². The number of aromatic carboxylic acids is 1. The topological polar surface area (TPSA) is 112 Å². The summed E-state index contributed by atoms with van der Waals surface area (Å²) in [6.45, 7) is 0.277. The molecule has 178 valence electrons. The summed E-state index contributed by atoms with van der Waals surface area (Å²) in [5, 5.41) is 14.6. The average Bonchev–Trinajstić information content (AvgIpc) is 3.38. The van der Waals surface area contributed by atoms with Crippen molar-refractivity contribution in [2.24, 2.45) is 0 Å². The van der Waals surface area contributed by atoms with Crippen LogP contribution in [0.25, 0.3) is 5.52 Å². The number of carboxylic acids is 1. The molecule has 3 aromatic rings. The molecule has 0 aliphatic carbocycles. The second kappa shape index (κ2) is 8.96. The van der Waals surface area contributed by atoms with Crippen LogP contribution in [0.1, 0.15) is 23.3 Å². The molecule has 4 rings (SSSR count). The summed E-state index contributed by atoms with van der Waals surface area (Å²) >= 11 is 0. The summed E-state index contributed by atoms with van der Waals surface area (Å²) in [4.78, 5) is 38.6. The number of nitrogens with zero attached hydrogens (tertiary/aromatic N) is 2. The largest absolute Gasteiger partial charge is 0.573 e. The molecule has 34 heavy (non-hydrogen) atoms. The number of ether oxygens (including phenoxy) is 1. The number of fused-ring (bicyclic) bond motifs is 1. The standard InChI is InChI=1S/C22H19F3N4O5/c23-22(24,25)34-14-6-3-5-13(11-14)26-19(30)17-8-4-10-29(17)21(33)27-15-12-18(20(31)32)28-9-2-1-7-16(15)28/h1-3,5-7,9,11-12,17H,4,8,10H2,(H,26,30)(H,27,33)(H,31,32). The van der Waals surface area contributed by atoms with Gasteiger partial charge in [0.15, 0.2) is 0 Å². The predicted octanol–water partition coefficient (Wildman–Crippen LogP) is 4.17. The third-order valence-corrected chi connectivity index (χ3v) is 5.29. The number of carbonyl (C=O) groups is 3. The molecule has 3 amide bonds. The van der Waals surface area contributed by atoms with E-state index in [2.05, 4.69) is 15.4 Å². The first-order valence-electron chi connectivity index (χ1n) is 10.2. The molecule has 3 N–H and O–H groups in total. The first-order chi connectivity index (χ1) is 16.1. The second-order valence-corrected chi connectivity index (χ2v) is 7.55. The minimum Gasteiger partial charge on any atom is -0.477 e. The molecule has 0 bridgehead atoms. The van der Waals surface area contributed by atoms with Crippen molar-refractivity contribution in [1.82, 2.24) is 9.30 Å². The molecule has 1 fully saturated rings. The Balaban J connectivity index is 1.48. The minimum absolute atomic E-state index is 0.0393. The number of amides is 3. The van der Waals surface area contributed by atoms with Gasteiger partial charge in [-0.1, -0.05) is 12.1 Å². The van der Waals surface area contributed by atoms with Crippen LogP contribution in [-0.4, -0.2) is 51.3 Å². The lowest BCUT2D eigenvalue weighted by atomic mass is 10.2. The molecule has 1 unspecified atom stereocenters. The third-order valence-electron chi connectivity index (χ3n) is 5.29. The fraction of sp³-hybridized carbons (Fsp3) is 0.227. The number of alkyl halides is 3. The van der Waals surface area contributed by atoms with Crippen LogP contribution in [0.5, 0.6) is 5.75 Å². The molecule has 12 heteroatoms. The Labute approximate surface area is 190 Å². The SMILES string of the molecule is O=C(O)c1cc(NC(=O)N2CCCC2C(=O)Nc2cccc(OC(F)(F)F)c2)c2ccccn12. The summed E-state index contributed by atoms with van der Waals surface area (Å²) in [6, 6.07) is 9.70. The van der Waals surface area contributed by atoms with Crippen LogP contribution < -0.4 is 15.4 Å². The van der Waals surface area contributed by atoms with Crippen molar-refractivity contribution < 1.29 is 37.4 Å². The van der Waals surface area contributed by atoms with E-state index in [1.54, 1.807) is 24.4 Å². The highest BCUT2D eigenvalue weighted by Crippen LogP contribution is 2.27. The fourth-order valence-electron chi connectivity index (χ4n) is 3.88. The van der Waals surface area contributed by atoms with Gasteiger partial charge < -0.3 is 29.8 Å². The number of likely N-dealkylation sites (tertiary alicyclic amines) is 1. The molecular formula is C22H19F3N4O5. The Kier molecular flexibility index (Phi) is 6.05. The van der Waals surface area contributed by atoms with Gasteiger partial charge in [-0.25, -0.2) is 9.59 Å². The number of carbonyl (C=O) groups excluding carboxylic acids is 2. The van der Waals surface area contributed by atoms with Crippen LogP contribution >= 0.6 is 0 Å². The number of rotatable bonds is 5. The van der Waals surface area contributed by atoms with Gasteiger partial charge in [-0.05, 0) is 43.2 Å². The molecule has 1 atom stereocenters. The molecule has 0 saturated carbocycles. The van der Waals surface area contributed by atoms with Crippen molar-refractivity contribution in [3.63, 3.8) is 0 Å². The van der Waals surface area contributed by atoms with Crippen LogP contribution in [0.15, 0.2) is 54.7 Å². The number of urea groups is 1. The average molecular weight is 476 g/mol. The number of anilines is 2. The van der Waals surface area contributed by atoms with E-state index in [1.165, 1.54) is 27.5 Å². The van der Waals surface area contributed by atoms with Crippen LogP contribution in [0.3, 0.4) is 0 Å². The Morgan fingerprint density at radius 2 is 1.85 bits per heavy atom. The Bertz CT molecular complexity index is 1260. The number of halogens is 3. The molecule has 2 aromatic heterocycles. The number of hydrogen-bond acceptors (Lipinski definition) is 4. The number of pyridine rings is 1. The molecule has 1 aliphatic rings. The summed E-state index contributed by atoms with van der Waals surface area (Å²) in [5.41, 5.74) is 0.784. The van der Waals surface area contributed by atoms with Gasteiger partial charge in [0.2, 0.25) is 5.91 Å². The Morgan fingerprint density at radius 3 is 2.59 bits per heavy atom. The lowest BCUT2D eigenvalue weighted by Crippen LogP contribution is -2.45. The van der Waals surface area contributed by atoms with Gasteiger partial charge in [0.25, 0.3) is 0 Å². The van der Waals surface area contributed by atoms with Crippen molar-refractivity contribution >= 4 is 34.8 Å². The summed E-state index contributed by atoms with van der Waals surface area (Å²) in [5.74, 6) is -2.22. The number of nitrogens with one attached hydrogen (secondary N) is 2. The van der Waals surface area contributed by atoms with E-state index in [4.69, 9.17) is 0 Å². The molecular weight excluding hydrogens is 457 g/mol. The summed E-state index contributed by atoms with van der Waals surface area (Å²) < 4.78 is 42.6. The molecule has 1 aliphatic heterocycles. The van der Waals surface area contributed by atoms with Gasteiger partial charge in [0.1, 0.15) is 17.5 Å². The smallest absolute Gasteiger partial charge is 0.477 e. The van der Waals surface area contributed by atoms with E-state index in [0.717, 1.165) is 12.1 Å². The van der Waals surface area contributed by atoms with E-state index in [9.17, 15) is 32.7 Å². The van der Waals surface area contributed by atoms with E-state index >= 15 is 0 Å². The van der Waals surface area contributed by atoms with E-state index < -0.39 is 36.1 Å². The highest BCUT2D eigenvalue weighted by Gasteiger charge is 2.35. The number of carboxylic acid groups (broad SMARTS) is 1. The first-order valence-corrected chi connectivity index (χ1v) is 10.2. The number of benzene rings is 1. The second-order valence-electron chi connectivity index (χ2n) is 7.55. The first kappa shape index (κ1) is 23.0. The van der Waals surface area contributed by atoms with Crippen molar-refractivity contribution in [2.45, 2.75) is 25.2 Å². The normalized spacial score (nSPS) is 15.9. The highest BCUT2D eigenvalue weighted by molar-refractivity contribution is 6.02. The summed E-state index contributed by atoms with van der Waals surface area (Å²) in [7, 11) is 0. The van der Waals surface area contributed by atoms with Crippen molar-refractivity contribution in [3.8, 4) is 5.75 Å². The zero-order chi connectivity index (χ0) is 24.5. The maximum Gasteiger partial charge on any atom is 0.573 e. The van der Waals surface area contributed by atoms with E-state index in [0.29, 0.717) is 18.4 Å². The van der Waals surface area contributed by atoms with Crippen LogP contribution in [0.2, 0.25) is 0 Å². The summed E-state index contributed by atoms with van der Waals surface area (Å²) in [6.07, 6.45) is -2.42. The van der Waals surface area contributed by atoms with Gasteiger partial charge in [0, 0.05) is 24.5 Å². The molecule has 9 nitrogen and oxygen atoms in total. The minimum atomic E-state index is -4.87. The molecule has 1 saturated heterocycles. The molecule has 0 spiro atoms. The Morgan fingerprint density at radius 1 is 1.06 bits per heavy atom. The third kappa shape index (κ3) is 4.90. The van der Waals surface area contributed by atoms with Gasteiger partial charge in [-0.15, -0.1) is 13.2 Å². The highest BCUT2D eigenvalue weighted by atomic mass is 19.4. The lowest BCUT2D eigenvalue weighted by molar-refractivity contribution is -0.274. The van der Waals surface area contributed by atoms with Crippen LogP contribution in [0, 0.1) is 0 Å². The number of hydrogen-bond donors (Lipinski definition) is 3. The van der Waals surface area contributed by atoms with Crippen molar-refractivity contribution in [2.75, 3.05) is 17.2 Å². The van der Waals surface area contributed by atoms with Crippen molar-refractivity contribution in [1.29, 1.82) is 0 Å². The maximum absolute atomic E-state index is 12.9. The van der Waals surface area contributed by atoms with Gasteiger partial charge >= 0.3 is 18.4 Å². The molecule has 1 aromatic carbocycles. The van der Waals surface area contributed by atoms with Gasteiger partial charge in [-0.2, -0.15) is 0 Å². The molecule has 3 heterocycles. The van der Waals surface area contributed by atoms with Gasteiger partial charge in [-0.3, -0.25) is 4.79 Å². The Hall–Kier alpha value is -4.22.